The van der Waals surface area contributed by atoms with Gasteiger partial charge in [-0.2, -0.15) is 0 Å². The molecule has 1 aromatic carbocycles. The van der Waals surface area contributed by atoms with Crippen LogP contribution in [0.25, 0.3) is 0 Å². The molecular weight excluding hydrogens is 330 g/mol. The maximum Gasteiger partial charge on any atom is 2.00 e. The molecule has 3 nitrogen and oxygen atoms in total. The monoisotopic (exact) mass is 332 g/mol. The zero-order valence-corrected chi connectivity index (χ0v) is 10.9. The first-order chi connectivity index (χ1) is 6.77. The average molecular weight is 333 g/mol. The van der Waals surface area contributed by atoms with Crippen molar-refractivity contribution in [3.8, 4) is 0 Å². The topological polar surface area (TPSA) is 60.7 Å². The summed E-state index contributed by atoms with van der Waals surface area (Å²) in [4.78, 5) is 0. The van der Waals surface area contributed by atoms with E-state index in [4.69, 9.17) is 15.1 Å². The molecule has 0 atom stereocenters. The average Bonchev–Trinajstić information content (AvgIpc) is 2.11. The third-order valence-electron chi connectivity index (χ3n) is 0.990. The molecule has 11 heteroatoms. The van der Waals surface area contributed by atoms with Gasteiger partial charge in [-0.1, -0.05) is 0 Å². The smallest absolute Gasteiger partial charge is 1.00 e. The Morgan fingerprint density at radius 3 is 1.24 bits per heavy atom. The van der Waals surface area contributed by atoms with Crippen molar-refractivity contribution in [1.29, 1.82) is 0 Å². The Balaban J connectivity index is -0.000000289. The molecule has 0 fully saturated rings. The van der Waals surface area contributed by atoms with E-state index in [1.54, 1.807) is 0 Å². The van der Waals surface area contributed by atoms with Crippen LogP contribution in [0.3, 0.4) is 0 Å². The Morgan fingerprint density at radius 2 is 1.00 bits per heavy atom. The summed E-state index contributed by atoms with van der Waals surface area (Å²) in [7, 11) is -2.17. The molecule has 0 aliphatic rings. The van der Waals surface area contributed by atoms with Crippen molar-refractivity contribution < 1.29 is 54.0 Å². The molecule has 0 unspecified atom stereocenters. The van der Waals surface area contributed by atoms with Crippen LogP contribution >= 0.6 is 0 Å². The molecule has 92 valence electrons. The van der Waals surface area contributed by atoms with Gasteiger partial charge < -0.3 is 32.1 Å². The summed E-state index contributed by atoms with van der Waals surface area (Å²) in [5, 5.41) is 21.5. The number of hydrogen-bond acceptors (Lipinski definition) is 3. The van der Waals surface area contributed by atoms with E-state index in [0.29, 0.717) is 0 Å². The van der Waals surface area contributed by atoms with Crippen molar-refractivity contribution in [3.63, 3.8) is 0 Å². The van der Waals surface area contributed by atoms with Gasteiger partial charge in [0.15, 0.2) is 0 Å². The summed E-state index contributed by atoms with van der Waals surface area (Å²) in [6.45, 7) is 0. The summed E-state index contributed by atoms with van der Waals surface area (Å²) < 4.78 is 59.9. The second-order valence-corrected chi connectivity index (χ2v) is 2.04. The van der Waals surface area contributed by atoms with Gasteiger partial charge in [0, 0.05) is 0 Å². The SMILES string of the molecule is Fc1[c-]c(F)c(F)c(F)c1F.OB(O)O.[Br-].[Mg+2]. The minimum Gasteiger partial charge on any atom is -1.00 e. The normalized spacial score (nSPS) is 8.24. The van der Waals surface area contributed by atoms with Gasteiger partial charge in [0.2, 0.25) is 0 Å². The van der Waals surface area contributed by atoms with Crippen LogP contribution in [-0.2, 0) is 0 Å². The molecule has 1 rings (SSSR count). The molecule has 0 amide bonds. The minimum atomic E-state index is -2.17. The van der Waals surface area contributed by atoms with Gasteiger partial charge >= 0.3 is 30.4 Å². The van der Waals surface area contributed by atoms with Crippen LogP contribution in [0.15, 0.2) is 0 Å². The fourth-order valence-corrected chi connectivity index (χ4v) is 0.495. The maximum absolute atomic E-state index is 12.0. The van der Waals surface area contributed by atoms with Crippen molar-refractivity contribution in [2.75, 3.05) is 0 Å². The van der Waals surface area contributed by atoms with Gasteiger partial charge in [0.05, 0.1) is 29.1 Å². The van der Waals surface area contributed by atoms with Crippen LogP contribution in [0.4, 0.5) is 22.0 Å². The third kappa shape index (κ3) is 7.89. The standard InChI is InChI=1S/C6F5.BH3O3.BrH.Mg/c7-2-1-3(8)5(10)6(11)4(2)9;2-1(3)4;;/h;2-4H;1H;/q-1;;;+2/p-1. The second-order valence-electron chi connectivity index (χ2n) is 2.04. The molecule has 1 aromatic rings. The van der Waals surface area contributed by atoms with E-state index in [1.807, 2.05) is 0 Å². The molecule has 0 bridgehead atoms. The first kappa shape index (κ1) is 22.3. The van der Waals surface area contributed by atoms with E-state index in [0.717, 1.165) is 6.07 Å². The predicted octanol–water partition coefficient (Wildman–Crippen LogP) is -3.25. The van der Waals surface area contributed by atoms with Crippen LogP contribution in [0.1, 0.15) is 0 Å². The molecule has 0 radical (unpaired) electrons. The van der Waals surface area contributed by atoms with Gasteiger partial charge in [-0.25, -0.2) is 13.2 Å². The van der Waals surface area contributed by atoms with Crippen molar-refractivity contribution in [3.05, 3.63) is 35.2 Å². The van der Waals surface area contributed by atoms with E-state index >= 15 is 0 Å². The Morgan fingerprint density at radius 1 is 0.765 bits per heavy atom. The molecule has 0 saturated heterocycles. The molecule has 3 N–H and O–H groups in total. The Labute approximate surface area is 119 Å². The fourth-order valence-electron chi connectivity index (χ4n) is 0.495. The quantitative estimate of drug-likeness (QED) is 0.154. The summed E-state index contributed by atoms with van der Waals surface area (Å²) in [6, 6.07) is 1.02. The Bertz CT molecular complexity index is 328. The fraction of sp³-hybridized carbons (Fsp3) is 0. The summed E-state index contributed by atoms with van der Waals surface area (Å²) in [5.41, 5.74) is 0. The van der Waals surface area contributed by atoms with Crippen LogP contribution in [0.5, 0.6) is 0 Å². The maximum atomic E-state index is 12.0. The van der Waals surface area contributed by atoms with Crippen LogP contribution in [-0.4, -0.2) is 45.4 Å². The zero-order chi connectivity index (χ0) is 12.2. The van der Waals surface area contributed by atoms with Gasteiger partial charge in [-0.3, -0.25) is 8.78 Å². The third-order valence-corrected chi connectivity index (χ3v) is 0.990. The molecule has 17 heavy (non-hydrogen) atoms. The van der Waals surface area contributed by atoms with Gasteiger partial charge in [0.1, 0.15) is 0 Å². The molecule has 0 spiro atoms. The van der Waals surface area contributed by atoms with E-state index < -0.39 is 36.4 Å². The van der Waals surface area contributed by atoms with Crippen LogP contribution in [0.2, 0.25) is 0 Å². The summed E-state index contributed by atoms with van der Waals surface area (Å²) >= 11 is 0. The molecule has 0 aliphatic carbocycles. The van der Waals surface area contributed by atoms with Crippen molar-refractivity contribution >= 4 is 30.4 Å². The van der Waals surface area contributed by atoms with Crippen molar-refractivity contribution in [2.24, 2.45) is 0 Å². The van der Waals surface area contributed by atoms with E-state index in [-0.39, 0.29) is 40.0 Å². The van der Waals surface area contributed by atoms with E-state index in [2.05, 4.69) is 0 Å². The predicted molar refractivity (Wildman–Crippen MR) is 43.2 cm³/mol. The first-order valence-corrected chi connectivity index (χ1v) is 3.22. The largest absolute Gasteiger partial charge is 2.00 e. The van der Waals surface area contributed by atoms with Gasteiger partial charge in [-0.15, -0.1) is 6.07 Å². The van der Waals surface area contributed by atoms with Crippen LogP contribution in [0, 0.1) is 35.2 Å². The molecule has 0 saturated carbocycles. The molecular formula is C6H3BBrF5MgO3. The molecule has 0 aliphatic heterocycles. The minimum absolute atomic E-state index is 0. The second kappa shape index (κ2) is 10.0. The number of hydrogen-bond donors (Lipinski definition) is 3. The Kier molecular flexibility index (Phi) is 13.1. The summed E-state index contributed by atoms with van der Waals surface area (Å²) in [6.07, 6.45) is 0. The van der Waals surface area contributed by atoms with Crippen LogP contribution < -0.4 is 17.0 Å². The Hall–Kier alpha value is 0.0612. The van der Waals surface area contributed by atoms with Crippen molar-refractivity contribution in [2.45, 2.75) is 0 Å². The number of rotatable bonds is 0. The number of benzene rings is 1. The first-order valence-electron chi connectivity index (χ1n) is 3.22. The summed E-state index contributed by atoms with van der Waals surface area (Å²) in [5.74, 6) is -10.0. The van der Waals surface area contributed by atoms with Gasteiger partial charge in [0.25, 0.3) is 0 Å². The molecule has 0 heterocycles. The van der Waals surface area contributed by atoms with E-state index in [9.17, 15) is 22.0 Å². The van der Waals surface area contributed by atoms with Gasteiger partial charge in [-0.05, 0) is 0 Å². The molecule has 0 aromatic heterocycles. The number of halogens is 6. The zero-order valence-electron chi connectivity index (χ0n) is 7.89. The van der Waals surface area contributed by atoms with Crippen molar-refractivity contribution in [1.82, 2.24) is 0 Å². The van der Waals surface area contributed by atoms with E-state index in [1.165, 1.54) is 0 Å².